The summed E-state index contributed by atoms with van der Waals surface area (Å²) < 4.78 is 14.8. The number of fused-ring (bicyclic) bond motifs is 1. The summed E-state index contributed by atoms with van der Waals surface area (Å²) in [6, 6.07) is 21.0. The van der Waals surface area contributed by atoms with Crippen molar-refractivity contribution in [1.29, 1.82) is 5.41 Å². The van der Waals surface area contributed by atoms with Crippen LogP contribution in [0.2, 0.25) is 0 Å². The molecule has 0 radical (unpaired) electrons. The van der Waals surface area contributed by atoms with Crippen molar-refractivity contribution in [1.82, 2.24) is 9.78 Å². The molecule has 4 nitrogen and oxygen atoms in total. The van der Waals surface area contributed by atoms with Crippen LogP contribution >= 0.6 is 0 Å². The minimum Gasteiger partial charge on any atom is -0.399 e. The molecule has 0 atom stereocenters. The second kappa shape index (κ2) is 5.87. The number of nitrogen functional groups attached to an aromatic ring is 1. The normalized spacial score (nSPS) is 10.9. The number of hydrogen-bond acceptors (Lipinski definition) is 3. The number of nitrogens with zero attached hydrogens (tertiary/aromatic N) is 2. The van der Waals surface area contributed by atoms with Gasteiger partial charge in [-0.1, -0.05) is 36.4 Å². The van der Waals surface area contributed by atoms with E-state index < -0.39 is 0 Å². The van der Waals surface area contributed by atoms with E-state index in [2.05, 4.69) is 5.10 Å². The lowest BCUT2D eigenvalue weighted by atomic mass is 10.0. The monoisotopic (exact) mass is 330 g/mol. The summed E-state index contributed by atoms with van der Waals surface area (Å²) in [4.78, 5) is 0. The summed E-state index contributed by atoms with van der Waals surface area (Å²) in [6.45, 7) is 0. The lowest BCUT2D eigenvalue weighted by Gasteiger charge is -2.13. The van der Waals surface area contributed by atoms with Gasteiger partial charge in [0.1, 0.15) is 5.82 Å². The Bertz CT molecular complexity index is 1130. The van der Waals surface area contributed by atoms with E-state index in [1.165, 1.54) is 16.8 Å². The summed E-state index contributed by atoms with van der Waals surface area (Å²) in [5.41, 5.74) is 9.03. The summed E-state index contributed by atoms with van der Waals surface area (Å²) >= 11 is 0. The molecular formula is C20H15FN4. The Labute approximate surface area is 143 Å². The lowest BCUT2D eigenvalue weighted by Crippen LogP contribution is -2.22. The fraction of sp³-hybridized carbons (Fsp3) is 0. The quantitative estimate of drug-likeness (QED) is 0.548. The molecule has 0 aliphatic heterocycles. The fourth-order valence-corrected chi connectivity index (χ4v) is 2.88. The molecule has 0 aliphatic carbocycles. The molecule has 0 spiro atoms. The Morgan fingerprint density at radius 2 is 1.60 bits per heavy atom. The molecule has 0 saturated carbocycles. The molecule has 3 N–H and O–H groups in total. The maximum atomic E-state index is 13.3. The molecule has 0 unspecified atom stereocenters. The molecule has 3 aromatic carbocycles. The molecule has 5 heteroatoms. The molecule has 1 aromatic heterocycles. The van der Waals surface area contributed by atoms with Gasteiger partial charge in [0.2, 0.25) is 0 Å². The van der Waals surface area contributed by atoms with Crippen LogP contribution in [-0.2, 0) is 0 Å². The topological polar surface area (TPSA) is 67.7 Å². The van der Waals surface area contributed by atoms with Gasteiger partial charge in [0, 0.05) is 22.0 Å². The van der Waals surface area contributed by atoms with Gasteiger partial charge in [0.25, 0.3) is 0 Å². The number of hydrogen-bond donors (Lipinski definition) is 2. The van der Waals surface area contributed by atoms with Crippen LogP contribution in [0.15, 0.2) is 72.8 Å². The second-order valence-electron chi connectivity index (χ2n) is 5.76. The summed E-state index contributed by atoms with van der Waals surface area (Å²) in [6.07, 6.45) is 0. The predicted molar refractivity (Wildman–Crippen MR) is 96.7 cm³/mol. The first-order valence-electron chi connectivity index (χ1n) is 7.82. The number of aromatic nitrogens is 2. The second-order valence-corrected chi connectivity index (χ2v) is 5.76. The molecule has 25 heavy (non-hydrogen) atoms. The van der Waals surface area contributed by atoms with Crippen LogP contribution in [0.5, 0.6) is 0 Å². The average Bonchev–Trinajstić information content (AvgIpc) is 2.63. The molecule has 0 amide bonds. The van der Waals surface area contributed by atoms with Gasteiger partial charge in [-0.25, -0.2) is 9.07 Å². The first-order valence-corrected chi connectivity index (χ1v) is 7.82. The van der Waals surface area contributed by atoms with Gasteiger partial charge in [-0.3, -0.25) is 5.41 Å². The fourth-order valence-electron chi connectivity index (χ4n) is 2.88. The highest BCUT2D eigenvalue weighted by Crippen LogP contribution is 2.26. The molecule has 4 aromatic rings. The van der Waals surface area contributed by atoms with E-state index >= 15 is 0 Å². The van der Waals surface area contributed by atoms with E-state index in [-0.39, 0.29) is 11.3 Å². The highest BCUT2D eigenvalue weighted by Gasteiger charge is 2.11. The predicted octanol–water partition coefficient (Wildman–Crippen LogP) is 3.89. The van der Waals surface area contributed by atoms with Crippen LogP contribution in [0.4, 0.5) is 10.1 Å². The van der Waals surface area contributed by atoms with E-state index in [4.69, 9.17) is 11.1 Å². The zero-order chi connectivity index (χ0) is 17.4. The van der Waals surface area contributed by atoms with Crippen molar-refractivity contribution >= 4 is 16.5 Å². The third-order valence-corrected chi connectivity index (χ3v) is 4.08. The van der Waals surface area contributed by atoms with Crippen LogP contribution in [0.25, 0.3) is 27.7 Å². The van der Waals surface area contributed by atoms with Crippen molar-refractivity contribution in [2.45, 2.75) is 0 Å². The molecule has 122 valence electrons. The number of anilines is 1. The minimum atomic E-state index is -0.326. The van der Waals surface area contributed by atoms with Crippen LogP contribution in [0.1, 0.15) is 0 Å². The average molecular weight is 330 g/mol. The molecule has 0 bridgehead atoms. The van der Waals surface area contributed by atoms with Crippen LogP contribution in [0.3, 0.4) is 0 Å². The van der Waals surface area contributed by atoms with E-state index in [1.807, 2.05) is 48.5 Å². The highest BCUT2D eigenvalue weighted by atomic mass is 19.1. The molecule has 0 fully saturated rings. The Kier molecular flexibility index (Phi) is 3.54. The maximum Gasteiger partial charge on any atom is 0.154 e. The van der Waals surface area contributed by atoms with Gasteiger partial charge < -0.3 is 5.73 Å². The number of nitrogens with one attached hydrogen (secondary N) is 1. The SMILES string of the molecule is N=c1c2ccccc2c(-c2cccc(N)c2)nn1-c1ccc(F)cc1. The van der Waals surface area contributed by atoms with Gasteiger partial charge in [-0.2, -0.15) is 5.10 Å². The van der Waals surface area contributed by atoms with Crippen molar-refractivity contribution in [3.05, 3.63) is 84.1 Å². The third-order valence-electron chi connectivity index (χ3n) is 4.08. The molecule has 1 heterocycles. The first kappa shape index (κ1) is 15.1. The zero-order valence-electron chi connectivity index (χ0n) is 13.3. The van der Waals surface area contributed by atoms with Crippen molar-refractivity contribution < 1.29 is 4.39 Å². The maximum absolute atomic E-state index is 13.3. The summed E-state index contributed by atoms with van der Waals surface area (Å²) in [5, 5.41) is 14.8. The number of nitrogens with two attached hydrogens (primary N) is 1. The standard InChI is InChI=1S/C20H15FN4/c21-14-8-10-16(11-9-14)25-20(23)18-7-2-1-6-17(18)19(24-25)13-4-3-5-15(22)12-13/h1-12,23H,22H2. The van der Waals surface area contributed by atoms with Crippen LogP contribution in [0, 0.1) is 11.2 Å². The van der Waals surface area contributed by atoms with Crippen molar-refractivity contribution in [2.24, 2.45) is 0 Å². The molecule has 0 aliphatic rings. The molecular weight excluding hydrogens is 315 g/mol. The Morgan fingerprint density at radius 1 is 0.880 bits per heavy atom. The highest BCUT2D eigenvalue weighted by molar-refractivity contribution is 5.94. The van der Waals surface area contributed by atoms with Gasteiger partial charge in [0.05, 0.1) is 11.4 Å². The number of benzene rings is 3. The van der Waals surface area contributed by atoms with Gasteiger partial charge in [-0.05, 0) is 36.4 Å². The Morgan fingerprint density at radius 3 is 2.32 bits per heavy atom. The summed E-state index contributed by atoms with van der Waals surface area (Å²) in [5.74, 6) is -0.326. The van der Waals surface area contributed by atoms with E-state index in [1.54, 1.807) is 12.1 Å². The minimum absolute atomic E-state index is 0.245. The van der Waals surface area contributed by atoms with Crippen molar-refractivity contribution in [3.8, 4) is 16.9 Å². The Hall–Kier alpha value is -3.47. The van der Waals surface area contributed by atoms with Crippen LogP contribution in [-0.4, -0.2) is 9.78 Å². The molecule has 4 rings (SSSR count). The Balaban J connectivity index is 2.07. The number of halogens is 1. The number of rotatable bonds is 2. The largest absolute Gasteiger partial charge is 0.399 e. The van der Waals surface area contributed by atoms with Gasteiger partial charge >= 0.3 is 0 Å². The molecule has 0 saturated heterocycles. The lowest BCUT2D eigenvalue weighted by molar-refractivity contribution is 0.626. The van der Waals surface area contributed by atoms with Crippen LogP contribution < -0.4 is 11.2 Å². The third kappa shape index (κ3) is 2.65. The summed E-state index contributed by atoms with van der Waals surface area (Å²) in [7, 11) is 0. The van der Waals surface area contributed by atoms with E-state index in [0.29, 0.717) is 11.4 Å². The van der Waals surface area contributed by atoms with Crippen molar-refractivity contribution in [2.75, 3.05) is 5.73 Å². The first-order chi connectivity index (χ1) is 12.1. The van der Waals surface area contributed by atoms with Crippen molar-refractivity contribution in [3.63, 3.8) is 0 Å². The van der Waals surface area contributed by atoms with Gasteiger partial charge in [0.15, 0.2) is 5.49 Å². The zero-order valence-corrected chi connectivity index (χ0v) is 13.3. The smallest absolute Gasteiger partial charge is 0.154 e. The van der Waals surface area contributed by atoms with E-state index in [0.717, 1.165) is 22.0 Å². The van der Waals surface area contributed by atoms with E-state index in [9.17, 15) is 4.39 Å². The van der Waals surface area contributed by atoms with Gasteiger partial charge in [-0.15, -0.1) is 0 Å².